The Bertz CT molecular complexity index is 391. The van der Waals surface area contributed by atoms with Crippen LogP contribution in [0.1, 0.15) is 30.5 Å². The number of pyridine rings is 1. The minimum absolute atomic E-state index is 0.748. The van der Waals surface area contributed by atoms with Crippen molar-refractivity contribution in [2.45, 2.75) is 31.8 Å². The van der Waals surface area contributed by atoms with Crippen LogP contribution in [0.3, 0.4) is 0 Å². The van der Waals surface area contributed by atoms with Gasteiger partial charge in [0.25, 0.3) is 0 Å². The van der Waals surface area contributed by atoms with Gasteiger partial charge in [0.05, 0.1) is 5.69 Å². The Morgan fingerprint density at radius 1 is 1.61 bits per heavy atom. The van der Waals surface area contributed by atoms with Crippen molar-refractivity contribution in [2.24, 2.45) is 0 Å². The molecule has 2 heterocycles. The Labute approximate surface area is 109 Å². The number of hydrogen-bond acceptors (Lipinski definition) is 4. The summed E-state index contributed by atoms with van der Waals surface area (Å²) in [7, 11) is 2.22. The molecule has 1 atom stereocenters. The van der Waals surface area contributed by atoms with Gasteiger partial charge >= 0.3 is 0 Å². The second-order valence-electron chi connectivity index (χ2n) is 4.97. The van der Waals surface area contributed by atoms with Gasteiger partial charge in [0.2, 0.25) is 0 Å². The molecular weight excluding hydrogens is 224 g/mol. The van der Waals surface area contributed by atoms with Gasteiger partial charge in [-0.3, -0.25) is 4.98 Å². The lowest BCUT2D eigenvalue weighted by molar-refractivity contribution is 0.293. The first-order chi connectivity index (χ1) is 8.79. The van der Waals surface area contributed by atoms with Crippen LogP contribution in [-0.2, 0) is 6.54 Å². The summed E-state index contributed by atoms with van der Waals surface area (Å²) in [6, 6.07) is 4.56. The molecule has 0 radical (unpaired) electrons. The van der Waals surface area contributed by atoms with Gasteiger partial charge in [-0.05, 0) is 57.1 Å². The van der Waals surface area contributed by atoms with E-state index in [9.17, 15) is 0 Å². The SMILES string of the molecule is CN1CCCC1CCNCc1cc(C=N)ccn1. The first kappa shape index (κ1) is 13.2. The molecule has 2 rings (SSSR count). The van der Waals surface area contributed by atoms with Crippen molar-refractivity contribution in [1.82, 2.24) is 15.2 Å². The average molecular weight is 246 g/mol. The molecule has 1 aromatic rings. The van der Waals surface area contributed by atoms with E-state index >= 15 is 0 Å². The molecular formula is C14H22N4. The Kier molecular flexibility index (Phi) is 4.84. The second kappa shape index (κ2) is 6.61. The summed E-state index contributed by atoms with van der Waals surface area (Å²) in [5.41, 5.74) is 1.92. The fourth-order valence-electron chi connectivity index (χ4n) is 2.51. The van der Waals surface area contributed by atoms with Gasteiger partial charge in [0.1, 0.15) is 0 Å². The molecule has 18 heavy (non-hydrogen) atoms. The molecule has 1 fully saturated rings. The van der Waals surface area contributed by atoms with E-state index in [0.29, 0.717) is 0 Å². The van der Waals surface area contributed by atoms with Crippen LogP contribution in [0.4, 0.5) is 0 Å². The van der Waals surface area contributed by atoms with E-state index in [2.05, 4.69) is 22.2 Å². The van der Waals surface area contributed by atoms with Crippen molar-refractivity contribution in [2.75, 3.05) is 20.1 Å². The molecule has 0 aliphatic carbocycles. The Hall–Kier alpha value is -1.26. The van der Waals surface area contributed by atoms with Gasteiger partial charge in [-0.2, -0.15) is 0 Å². The van der Waals surface area contributed by atoms with E-state index in [0.717, 1.165) is 30.4 Å². The molecule has 4 heteroatoms. The number of hydrogen-bond donors (Lipinski definition) is 2. The van der Waals surface area contributed by atoms with Crippen LogP contribution in [0.5, 0.6) is 0 Å². The highest BCUT2D eigenvalue weighted by molar-refractivity contribution is 5.76. The Balaban J connectivity index is 1.70. The summed E-state index contributed by atoms with van der Waals surface area (Å²) in [6.07, 6.45) is 7.01. The second-order valence-corrected chi connectivity index (χ2v) is 4.97. The maximum atomic E-state index is 7.21. The van der Waals surface area contributed by atoms with Crippen LogP contribution in [0.2, 0.25) is 0 Å². The molecule has 4 nitrogen and oxygen atoms in total. The van der Waals surface area contributed by atoms with Gasteiger partial charge < -0.3 is 15.6 Å². The van der Waals surface area contributed by atoms with Crippen molar-refractivity contribution in [3.63, 3.8) is 0 Å². The minimum Gasteiger partial charge on any atom is -0.311 e. The summed E-state index contributed by atoms with van der Waals surface area (Å²) >= 11 is 0. The van der Waals surface area contributed by atoms with Crippen LogP contribution in [0.25, 0.3) is 0 Å². The van der Waals surface area contributed by atoms with E-state index in [-0.39, 0.29) is 0 Å². The highest BCUT2D eigenvalue weighted by Gasteiger charge is 2.19. The lowest BCUT2D eigenvalue weighted by Crippen LogP contribution is -2.29. The molecule has 1 aromatic heterocycles. The summed E-state index contributed by atoms with van der Waals surface area (Å²) in [5, 5.41) is 10.6. The molecule has 1 aliphatic heterocycles. The lowest BCUT2D eigenvalue weighted by Gasteiger charge is -2.19. The third kappa shape index (κ3) is 3.62. The molecule has 0 bridgehead atoms. The number of nitrogens with zero attached hydrogens (tertiary/aromatic N) is 2. The van der Waals surface area contributed by atoms with E-state index in [1.54, 1.807) is 6.20 Å². The Morgan fingerprint density at radius 2 is 2.50 bits per heavy atom. The molecule has 0 spiro atoms. The van der Waals surface area contributed by atoms with Crippen LogP contribution in [0, 0.1) is 5.41 Å². The molecule has 0 aromatic carbocycles. The summed E-state index contributed by atoms with van der Waals surface area (Å²) in [5.74, 6) is 0. The van der Waals surface area contributed by atoms with Crippen LogP contribution in [0.15, 0.2) is 18.3 Å². The number of aromatic nitrogens is 1. The summed E-state index contributed by atoms with van der Waals surface area (Å²) in [6.45, 7) is 3.07. The summed E-state index contributed by atoms with van der Waals surface area (Å²) < 4.78 is 0. The van der Waals surface area contributed by atoms with Gasteiger partial charge in [-0.1, -0.05) is 0 Å². The molecule has 1 unspecified atom stereocenters. The zero-order chi connectivity index (χ0) is 12.8. The van der Waals surface area contributed by atoms with E-state index < -0.39 is 0 Å². The minimum atomic E-state index is 0.748. The number of likely N-dealkylation sites (tertiary alicyclic amines) is 1. The van der Waals surface area contributed by atoms with Gasteiger partial charge in [0, 0.05) is 25.0 Å². The van der Waals surface area contributed by atoms with Crippen molar-refractivity contribution >= 4 is 6.21 Å². The molecule has 0 saturated carbocycles. The third-order valence-electron chi connectivity index (χ3n) is 3.64. The standard InChI is InChI=1S/C14H22N4/c1-18-8-2-3-14(18)5-6-16-11-13-9-12(10-15)4-7-17-13/h4,7,9-10,14-16H,2-3,5-6,8,11H2,1H3. The van der Waals surface area contributed by atoms with Crippen molar-refractivity contribution in [3.8, 4) is 0 Å². The smallest absolute Gasteiger partial charge is 0.0548 e. The topological polar surface area (TPSA) is 52.0 Å². The predicted octanol–water partition coefficient (Wildman–Crippen LogP) is 1.65. The van der Waals surface area contributed by atoms with E-state index in [1.165, 1.54) is 32.0 Å². The maximum absolute atomic E-state index is 7.21. The lowest BCUT2D eigenvalue weighted by atomic mass is 10.1. The molecule has 2 N–H and O–H groups in total. The Morgan fingerprint density at radius 3 is 3.22 bits per heavy atom. The molecule has 98 valence electrons. The zero-order valence-corrected chi connectivity index (χ0v) is 11.0. The van der Waals surface area contributed by atoms with Gasteiger partial charge in [-0.15, -0.1) is 0 Å². The largest absolute Gasteiger partial charge is 0.311 e. The van der Waals surface area contributed by atoms with Crippen molar-refractivity contribution < 1.29 is 0 Å². The number of nitrogens with one attached hydrogen (secondary N) is 2. The fraction of sp³-hybridized carbons (Fsp3) is 0.571. The van der Waals surface area contributed by atoms with Crippen molar-refractivity contribution in [1.29, 1.82) is 5.41 Å². The first-order valence-electron chi connectivity index (χ1n) is 6.66. The quantitative estimate of drug-likeness (QED) is 0.593. The fourth-order valence-corrected chi connectivity index (χ4v) is 2.51. The van der Waals surface area contributed by atoms with Crippen molar-refractivity contribution in [3.05, 3.63) is 29.6 Å². The zero-order valence-electron chi connectivity index (χ0n) is 11.0. The van der Waals surface area contributed by atoms with Gasteiger partial charge in [-0.25, -0.2) is 0 Å². The van der Waals surface area contributed by atoms with E-state index in [4.69, 9.17) is 5.41 Å². The summed E-state index contributed by atoms with van der Waals surface area (Å²) in [4.78, 5) is 6.75. The van der Waals surface area contributed by atoms with Crippen LogP contribution < -0.4 is 5.32 Å². The highest BCUT2D eigenvalue weighted by atomic mass is 15.1. The maximum Gasteiger partial charge on any atom is 0.0548 e. The highest BCUT2D eigenvalue weighted by Crippen LogP contribution is 2.16. The molecule has 1 aliphatic rings. The monoisotopic (exact) mass is 246 g/mol. The predicted molar refractivity (Wildman–Crippen MR) is 74.1 cm³/mol. The first-order valence-corrected chi connectivity index (χ1v) is 6.66. The van der Waals surface area contributed by atoms with Gasteiger partial charge in [0.15, 0.2) is 0 Å². The molecule has 1 saturated heterocycles. The third-order valence-corrected chi connectivity index (χ3v) is 3.64. The normalized spacial score (nSPS) is 20.2. The average Bonchev–Trinajstić information content (AvgIpc) is 2.81. The van der Waals surface area contributed by atoms with E-state index in [1.807, 2.05) is 12.1 Å². The molecule has 0 amide bonds. The van der Waals surface area contributed by atoms with Crippen LogP contribution >= 0.6 is 0 Å². The number of rotatable bonds is 6. The van der Waals surface area contributed by atoms with Crippen LogP contribution in [-0.4, -0.2) is 42.3 Å².